The predicted octanol–water partition coefficient (Wildman–Crippen LogP) is 3.98. The Kier molecular flexibility index (Phi) is 9.30. The Morgan fingerprint density at radius 3 is 2.45 bits per heavy atom. The maximum atomic E-state index is 13.9. The number of para-hydroxylation sites is 1. The third-order valence-corrected chi connectivity index (χ3v) is 7.88. The van der Waals surface area contributed by atoms with Crippen molar-refractivity contribution in [2.75, 3.05) is 26.7 Å². The molecule has 1 aliphatic heterocycles. The second-order valence-corrected chi connectivity index (χ2v) is 11.9. The molecule has 214 valence electrons. The predicted molar refractivity (Wildman–Crippen MR) is 159 cm³/mol. The lowest BCUT2D eigenvalue weighted by atomic mass is 9.85. The maximum absolute atomic E-state index is 13.9. The van der Waals surface area contributed by atoms with E-state index in [2.05, 4.69) is 27.8 Å². The molecule has 0 saturated carbocycles. The lowest BCUT2D eigenvalue weighted by Crippen LogP contribution is -2.59. The molecular weight excluding hydrogens is 502 g/mol. The summed E-state index contributed by atoms with van der Waals surface area (Å²) < 4.78 is 0. The van der Waals surface area contributed by atoms with Crippen LogP contribution in [0.15, 0.2) is 60.7 Å². The molecule has 1 fully saturated rings. The molecule has 2 aromatic carbocycles. The molecule has 0 aliphatic carbocycles. The summed E-state index contributed by atoms with van der Waals surface area (Å²) >= 11 is 0. The molecule has 4 rings (SSSR count). The lowest BCUT2D eigenvalue weighted by Gasteiger charge is -2.37. The highest BCUT2D eigenvalue weighted by molar-refractivity contribution is 5.98. The van der Waals surface area contributed by atoms with Crippen molar-refractivity contribution in [3.63, 3.8) is 0 Å². The van der Waals surface area contributed by atoms with Crippen molar-refractivity contribution in [2.45, 2.75) is 65.1 Å². The highest BCUT2D eigenvalue weighted by Crippen LogP contribution is 2.27. The quantitative estimate of drug-likeness (QED) is 0.359. The van der Waals surface area contributed by atoms with E-state index in [0.717, 1.165) is 35.7 Å². The van der Waals surface area contributed by atoms with Gasteiger partial charge in [0.15, 0.2) is 0 Å². The number of carbonyl (C=O) groups excluding carboxylic acids is 3. The number of aromatic amines is 1. The van der Waals surface area contributed by atoms with Gasteiger partial charge >= 0.3 is 0 Å². The summed E-state index contributed by atoms with van der Waals surface area (Å²) in [6.07, 6.45) is 2.39. The van der Waals surface area contributed by atoms with Crippen LogP contribution in [0.4, 0.5) is 0 Å². The molecule has 8 heteroatoms. The van der Waals surface area contributed by atoms with Crippen LogP contribution in [-0.4, -0.2) is 77.3 Å². The largest absolute Gasteiger partial charge is 0.351 e. The van der Waals surface area contributed by atoms with Crippen molar-refractivity contribution >= 4 is 28.6 Å². The Labute approximate surface area is 237 Å². The molecular formula is C32H43N5O3. The number of hydrogen-bond acceptors (Lipinski definition) is 4. The van der Waals surface area contributed by atoms with Gasteiger partial charge in [0, 0.05) is 36.6 Å². The van der Waals surface area contributed by atoms with E-state index in [1.165, 1.54) is 0 Å². The van der Waals surface area contributed by atoms with Crippen LogP contribution in [0.3, 0.4) is 0 Å². The topological polar surface area (TPSA) is 97.5 Å². The molecule has 0 spiro atoms. The van der Waals surface area contributed by atoms with Gasteiger partial charge in [-0.15, -0.1) is 0 Å². The number of nitrogens with one attached hydrogen (secondary N) is 3. The zero-order chi connectivity index (χ0) is 28.9. The van der Waals surface area contributed by atoms with Gasteiger partial charge in [0.05, 0.1) is 6.04 Å². The monoisotopic (exact) mass is 545 g/mol. The van der Waals surface area contributed by atoms with Gasteiger partial charge in [-0.25, -0.2) is 0 Å². The standard InChI is InChI=1S/C32H43N5O3/c1-22(33-5)29(38)35-28(32(2,3)4)31(40)37-18-11-15-25(37)21-36(19-17-23-12-7-6-8-13-23)30(39)27-20-24-14-9-10-16-26(24)34-27/h6-10,12-14,16,20,22,25,28,33-34H,11,15,17-19,21H2,1-5H3,(H,35,38)/t22-,25-,28+/m0/s1. The van der Waals surface area contributed by atoms with Crippen LogP contribution in [-0.2, 0) is 16.0 Å². The molecule has 0 radical (unpaired) electrons. The minimum Gasteiger partial charge on any atom is -0.351 e. The number of H-pyrrole nitrogens is 1. The van der Waals surface area contributed by atoms with Gasteiger partial charge < -0.3 is 25.4 Å². The Morgan fingerprint density at radius 2 is 1.77 bits per heavy atom. The molecule has 8 nitrogen and oxygen atoms in total. The van der Waals surface area contributed by atoms with E-state index in [-0.39, 0.29) is 23.8 Å². The number of rotatable bonds is 10. The fourth-order valence-corrected chi connectivity index (χ4v) is 5.33. The molecule has 3 atom stereocenters. The molecule has 1 aromatic heterocycles. The minimum atomic E-state index is -0.668. The summed E-state index contributed by atoms with van der Waals surface area (Å²) in [6.45, 7) is 9.27. The van der Waals surface area contributed by atoms with Gasteiger partial charge in [-0.3, -0.25) is 14.4 Å². The van der Waals surface area contributed by atoms with E-state index in [0.29, 0.717) is 25.3 Å². The molecule has 0 unspecified atom stereocenters. The second kappa shape index (κ2) is 12.7. The molecule has 3 amide bonds. The smallest absolute Gasteiger partial charge is 0.270 e. The van der Waals surface area contributed by atoms with Gasteiger partial charge in [-0.05, 0) is 56.3 Å². The Hall–Kier alpha value is -3.65. The first-order valence-electron chi connectivity index (χ1n) is 14.3. The fourth-order valence-electron chi connectivity index (χ4n) is 5.33. The van der Waals surface area contributed by atoms with Crippen molar-refractivity contribution in [1.29, 1.82) is 0 Å². The average Bonchev–Trinajstić information content (AvgIpc) is 3.59. The van der Waals surface area contributed by atoms with E-state index in [4.69, 9.17) is 0 Å². The van der Waals surface area contributed by atoms with Gasteiger partial charge in [0.1, 0.15) is 11.7 Å². The molecule has 40 heavy (non-hydrogen) atoms. The highest BCUT2D eigenvalue weighted by Gasteiger charge is 2.40. The van der Waals surface area contributed by atoms with Gasteiger partial charge in [-0.1, -0.05) is 69.3 Å². The first-order valence-corrected chi connectivity index (χ1v) is 14.3. The van der Waals surface area contributed by atoms with Crippen molar-refractivity contribution < 1.29 is 14.4 Å². The summed E-state index contributed by atoms with van der Waals surface area (Å²) in [5.74, 6) is -0.368. The van der Waals surface area contributed by atoms with E-state index >= 15 is 0 Å². The van der Waals surface area contributed by atoms with Gasteiger partial charge in [-0.2, -0.15) is 0 Å². The van der Waals surface area contributed by atoms with Crippen LogP contribution in [0.1, 0.15) is 56.6 Å². The number of benzene rings is 2. The highest BCUT2D eigenvalue weighted by atomic mass is 16.2. The molecule has 2 heterocycles. The van der Waals surface area contributed by atoms with Crippen molar-refractivity contribution in [3.05, 3.63) is 71.9 Å². The molecule has 3 aromatic rings. The first kappa shape index (κ1) is 29.3. The molecule has 1 saturated heterocycles. The number of hydrogen-bond donors (Lipinski definition) is 3. The molecule has 3 N–H and O–H groups in total. The Morgan fingerprint density at radius 1 is 1.07 bits per heavy atom. The number of aromatic nitrogens is 1. The van der Waals surface area contributed by atoms with Gasteiger partial charge in [0.25, 0.3) is 5.91 Å². The SMILES string of the molecule is CN[C@@H](C)C(=O)N[C@H](C(=O)N1CCC[C@H]1CN(CCc1ccccc1)C(=O)c1cc2ccccc2[nH]1)C(C)(C)C. The van der Waals surface area contributed by atoms with E-state index in [1.54, 1.807) is 14.0 Å². The first-order chi connectivity index (χ1) is 19.1. The summed E-state index contributed by atoms with van der Waals surface area (Å²) in [7, 11) is 1.73. The zero-order valence-electron chi connectivity index (χ0n) is 24.4. The normalized spacial score (nSPS) is 17.0. The third kappa shape index (κ3) is 6.91. The summed E-state index contributed by atoms with van der Waals surface area (Å²) in [4.78, 5) is 47.6. The van der Waals surface area contributed by atoms with Crippen molar-refractivity contribution in [2.24, 2.45) is 5.41 Å². The molecule has 1 aliphatic rings. The third-order valence-electron chi connectivity index (χ3n) is 7.88. The summed E-state index contributed by atoms with van der Waals surface area (Å²) in [5, 5.41) is 6.93. The number of amides is 3. The van der Waals surface area contributed by atoms with Crippen LogP contribution in [0.5, 0.6) is 0 Å². The van der Waals surface area contributed by atoms with E-state index < -0.39 is 17.5 Å². The van der Waals surface area contributed by atoms with Gasteiger partial charge in [0.2, 0.25) is 11.8 Å². The van der Waals surface area contributed by atoms with E-state index in [9.17, 15) is 14.4 Å². The second-order valence-electron chi connectivity index (χ2n) is 11.9. The zero-order valence-corrected chi connectivity index (χ0v) is 24.4. The summed E-state index contributed by atoms with van der Waals surface area (Å²) in [5.41, 5.74) is 2.16. The Bertz CT molecular complexity index is 1280. The fraction of sp³-hybridized carbons (Fsp3) is 0.469. The molecule has 0 bridgehead atoms. The maximum Gasteiger partial charge on any atom is 0.270 e. The van der Waals surface area contributed by atoms with Crippen LogP contribution in [0.2, 0.25) is 0 Å². The van der Waals surface area contributed by atoms with E-state index in [1.807, 2.05) is 79.1 Å². The van der Waals surface area contributed by atoms with Crippen LogP contribution < -0.4 is 10.6 Å². The number of fused-ring (bicyclic) bond motifs is 1. The number of likely N-dealkylation sites (tertiary alicyclic amines) is 1. The van der Waals surface area contributed by atoms with Crippen LogP contribution in [0.25, 0.3) is 10.9 Å². The number of nitrogens with zero attached hydrogens (tertiary/aromatic N) is 2. The van der Waals surface area contributed by atoms with Crippen molar-refractivity contribution in [3.8, 4) is 0 Å². The van der Waals surface area contributed by atoms with Crippen molar-refractivity contribution in [1.82, 2.24) is 25.4 Å². The Balaban J connectivity index is 1.56. The minimum absolute atomic E-state index is 0.0741. The summed E-state index contributed by atoms with van der Waals surface area (Å²) in [6, 6.07) is 18.7. The van der Waals surface area contributed by atoms with Crippen LogP contribution >= 0.6 is 0 Å². The van der Waals surface area contributed by atoms with Crippen LogP contribution in [0, 0.1) is 5.41 Å². The number of carbonyl (C=O) groups is 3. The lowest BCUT2D eigenvalue weighted by molar-refractivity contribution is -0.140. The average molecular weight is 546 g/mol. The number of likely N-dealkylation sites (N-methyl/N-ethyl adjacent to an activating group) is 1.